The number of carbonyl (C=O) groups excluding carboxylic acids is 1. The molecule has 0 radical (unpaired) electrons. The maximum atomic E-state index is 13.8. The number of piperidine rings is 1. The number of hydrogen-bond acceptors (Lipinski definition) is 4. The minimum absolute atomic E-state index is 0.104. The summed E-state index contributed by atoms with van der Waals surface area (Å²) >= 11 is 0. The van der Waals surface area contributed by atoms with Crippen LogP contribution in [-0.4, -0.2) is 37.0 Å². The monoisotopic (exact) mass is 367 g/mol. The molecule has 0 unspecified atom stereocenters. The molecule has 1 amide bonds. The normalized spacial score (nSPS) is 15.1. The number of nitrogens with zero attached hydrogens (tertiary/aromatic N) is 2. The van der Waals surface area contributed by atoms with E-state index in [1.54, 1.807) is 30.3 Å². The smallest absolute Gasteiger partial charge is 0.251 e. The molecular formula is C21H22FN3O2. The Labute approximate surface area is 158 Å². The number of nitrogens with one attached hydrogen (secondary N) is 1. The number of rotatable bonds is 5. The molecule has 2 aromatic rings. The van der Waals surface area contributed by atoms with E-state index in [2.05, 4.69) is 10.2 Å². The first-order chi connectivity index (χ1) is 13.1. The lowest BCUT2D eigenvalue weighted by molar-refractivity contribution is 0.0909. The zero-order valence-electron chi connectivity index (χ0n) is 15.2. The van der Waals surface area contributed by atoms with Gasteiger partial charge in [-0.05, 0) is 48.7 Å². The van der Waals surface area contributed by atoms with Gasteiger partial charge in [0.15, 0.2) is 11.6 Å². The number of nitriles is 1. The minimum atomic E-state index is -0.350. The standard InChI is InChI=1S/C21H22FN3O2/c1-27-20-6-5-16(12-19(20)22)14-25-9-7-18(8-10-25)24-21(26)17-4-2-3-15(11-17)13-23/h2-6,11-12,18H,7-10,14H2,1H3,(H,24,26). The third-order valence-electron chi connectivity index (χ3n) is 4.80. The van der Waals surface area contributed by atoms with Gasteiger partial charge in [0.25, 0.3) is 5.91 Å². The van der Waals surface area contributed by atoms with Gasteiger partial charge in [-0.3, -0.25) is 9.69 Å². The quantitative estimate of drug-likeness (QED) is 0.882. The fraction of sp³-hybridized carbons (Fsp3) is 0.333. The Morgan fingerprint density at radius 1 is 1.30 bits per heavy atom. The lowest BCUT2D eigenvalue weighted by Gasteiger charge is -2.32. The number of benzene rings is 2. The second-order valence-corrected chi connectivity index (χ2v) is 6.69. The third kappa shape index (κ3) is 4.83. The summed E-state index contributed by atoms with van der Waals surface area (Å²) in [6, 6.07) is 13.9. The maximum absolute atomic E-state index is 13.8. The average Bonchev–Trinajstić information content (AvgIpc) is 2.69. The van der Waals surface area contributed by atoms with Crippen molar-refractivity contribution in [2.24, 2.45) is 0 Å². The van der Waals surface area contributed by atoms with Crippen LogP contribution in [0.3, 0.4) is 0 Å². The lowest BCUT2D eigenvalue weighted by atomic mass is 10.0. The predicted molar refractivity (Wildman–Crippen MR) is 99.9 cm³/mol. The molecule has 3 rings (SSSR count). The average molecular weight is 367 g/mol. The zero-order chi connectivity index (χ0) is 19.2. The highest BCUT2D eigenvalue weighted by Gasteiger charge is 2.21. The third-order valence-corrected chi connectivity index (χ3v) is 4.80. The van der Waals surface area contributed by atoms with Crippen LogP contribution < -0.4 is 10.1 Å². The summed E-state index contributed by atoms with van der Waals surface area (Å²) in [5, 5.41) is 12.0. The highest BCUT2D eigenvalue weighted by atomic mass is 19.1. The predicted octanol–water partition coefficient (Wildman–Crippen LogP) is 3.10. The van der Waals surface area contributed by atoms with Gasteiger partial charge in [0.05, 0.1) is 18.7 Å². The molecule has 140 valence electrons. The Morgan fingerprint density at radius 3 is 2.74 bits per heavy atom. The molecule has 5 nitrogen and oxygen atoms in total. The van der Waals surface area contributed by atoms with Crippen LogP contribution in [0.5, 0.6) is 5.75 Å². The molecular weight excluding hydrogens is 345 g/mol. The van der Waals surface area contributed by atoms with Crippen molar-refractivity contribution in [3.63, 3.8) is 0 Å². The summed E-state index contributed by atoms with van der Waals surface area (Å²) < 4.78 is 18.8. The topological polar surface area (TPSA) is 65.4 Å². The number of carbonyl (C=O) groups is 1. The van der Waals surface area contributed by atoms with E-state index in [0.717, 1.165) is 31.5 Å². The van der Waals surface area contributed by atoms with Gasteiger partial charge in [0.2, 0.25) is 0 Å². The summed E-state index contributed by atoms with van der Waals surface area (Å²) in [6.07, 6.45) is 1.67. The van der Waals surface area contributed by atoms with Crippen LogP contribution in [-0.2, 0) is 6.54 Å². The minimum Gasteiger partial charge on any atom is -0.494 e. The van der Waals surface area contributed by atoms with E-state index < -0.39 is 0 Å². The molecule has 1 aliphatic heterocycles. The van der Waals surface area contributed by atoms with Gasteiger partial charge in [-0.15, -0.1) is 0 Å². The first-order valence-electron chi connectivity index (χ1n) is 8.95. The van der Waals surface area contributed by atoms with E-state index in [1.807, 2.05) is 12.1 Å². The second-order valence-electron chi connectivity index (χ2n) is 6.69. The molecule has 0 saturated carbocycles. The van der Waals surface area contributed by atoms with E-state index in [1.165, 1.54) is 13.2 Å². The summed E-state index contributed by atoms with van der Waals surface area (Å²) in [5.74, 6) is -0.250. The molecule has 0 aromatic heterocycles. The van der Waals surface area contributed by atoms with Crippen molar-refractivity contribution in [3.8, 4) is 11.8 Å². The molecule has 0 aliphatic carbocycles. The van der Waals surface area contributed by atoms with E-state index >= 15 is 0 Å². The van der Waals surface area contributed by atoms with Crippen molar-refractivity contribution in [2.45, 2.75) is 25.4 Å². The lowest BCUT2D eigenvalue weighted by Crippen LogP contribution is -2.44. The molecule has 1 aliphatic rings. The fourth-order valence-corrected chi connectivity index (χ4v) is 3.30. The number of hydrogen-bond donors (Lipinski definition) is 1. The van der Waals surface area contributed by atoms with Gasteiger partial charge in [-0.25, -0.2) is 4.39 Å². The van der Waals surface area contributed by atoms with E-state index in [-0.39, 0.29) is 23.5 Å². The number of likely N-dealkylation sites (tertiary alicyclic amines) is 1. The van der Waals surface area contributed by atoms with Crippen LogP contribution in [0.1, 0.15) is 34.3 Å². The molecule has 6 heteroatoms. The first-order valence-corrected chi connectivity index (χ1v) is 8.95. The molecule has 0 spiro atoms. The van der Waals surface area contributed by atoms with Crippen molar-refractivity contribution in [1.29, 1.82) is 5.26 Å². The van der Waals surface area contributed by atoms with Crippen LogP contribution in [0.4, 0.5) is 4.39 Å². The number of ether oxygens (including phenoxy) is 1. The summed E-state index contributed by atoms with van der Waals surface area (Å²) in [5.41, 5.74) is 1.89. The summed E-state index contributed by atoms with van der Waals surface area (Å²) in [7, 11) is 1.45. The van der Waals surface area contributed by atoms with Crippen molar-refractivity contribution in [3.05, 3.63) is 65.0 Å². The molecule has 1 heterocycles. The molecule has 27 heavy (non-hydrogen) atoms. The molecule has 1 fully saturated rings. The van der Waals surface area contributed by atoms with E-state index in [0.29, 0.717) is 17.7 Å². The van der Waals surface area contributed by atoms with Gasteiger partial charge in [-0.2, -0.15) is 5.26 Å². The number of amides is 1. The van der Waals surface area contributed by atoms with Gasteiger partial charge in [0, 0.05) is 31.2 Å². The van der Waals surface area contributed by atoms with Crippen molar-refractivity contribution < 1.29 is 13.9 Å². The van der Waals surface area contributed by atoms with Crippen LogP contribution >= 0.6 is 0 Å². The van der Waals surface area contributed by atoms with Gasteiger partial charge >= 0.3 is 0 Å². The van der Waals surface area contributed by atoms with Crippen LogP contribution in [0.25, 0.3) is 0 Å². The van der Waals surface area contributed by atoms with E-state index in [9.17, 15) is 9.18 Å². The van der Waals surface area contributed by atoms with Crippen LogP contribution in [0.15, 0.2) is 42.5 Å². The zero-order valence-corrected chi connectivity index (χ0v) is 15.2. The Bertz CT molecular complexity index is 855. The maximum Gasteiger partial charge on any atom is 0.251 e. The second kappa shape index (κ2) is 8.65. The molecule has 2 aromatic carbocycles. The highest BCUT2D eigenvalue weighted by Crippen LogP contribution is 2.20. The molecule has 1 saturated heterocycles. The summed E-state index contributed by atoms with van der Waals surface area (Å²) in [6.45, 7) is 2.33. The van der Waals surface area contributed by atoms with Gasteiger partial charge in [-0.1, -0.05) is 12.1 Å². The van der Waals surface area contributed by atoms with Crippen molar-refractivity contribution in [1.82, 2.24) is 10.2 Å². The van der Waals surface area contributed by atoms with Gasteiger partial charge < -0.3 is 10.1 Å². The number of methoxy groups -OCH3 is 1. The Kier molecular flexibility index (Phi) is 6.05. The highest BCUT2D eigenvalue weighted by molar-refractivity contribution is 5.94. The summed E-state index contributed by atoms with van der Waals surface area (Å²) in [4.78, 5) is 14.6. The van der Waals surface area contributed by atoms with Crippen LogP contribution in [0, 0.1) is 17.1 Å². The van der Waals surface area contributed by atoms with E-state index in [4.69, 9.17) is 10.00 Å². The van der Waals surface area contributed by atoms with Crippen molar-refractivity contribution >= 4 is 5.91 Å². The van der Waals surface area contributed by atoms with Crippen LogP contribution in [0.2, 0.25) is 0 Å². The fourth-order valence-electron chi connectivity index (χ4n) is 3.30. The van der Waals surface area contributed by atoms with Gasteiger partial charge in [0.1, 0.15) is 0 Å². The molecule has 0 atom stereocenters. The SMILES string of the molecule is COc1ccc(CN2CCC(NC(=O)c3cccc(C#N)c3)CC2)cc1F. The molecule has 1 N–H and O–H groups in total. The Morgan fingerprint density at radius 2 is 2.07 bits per heavy atom. The first kappa shape index (κ1) is 18.9. The molecule has 0 bridgehead atoms. The largest absolute Gasteiger partial charge is 0.494 e. The Balaban J connectivity index is 1.50. The Hall–Kier alpha value is -2.91. The number of halogens is 1. The van der Waals surface area contributed by atoms with Crippen molar-refractivity contribution in [2.75, 3.05) is 20.2 Å².